The number of rotatable bonds is 5. The molecule has 1 heterocycles. The third-order valence-corrected chi connectivity index (χ3v) is 2.53. The van der Waals surface area contributed by atoms with Crippen LogP contribution in [-0.2, 0) is 6.42 Å². The van der Waals surface area contributed by atoms with E-state index in [2.05, 4.69) is 4.98 Å². The lowest BCUT2D eigenvalue weighted by Gasteiger charge is -2.07. The predicted molar refractivity (Wildman–Crippen MR) is 65.8 cm³/mol. The molecule has 0 aliphatic rings. The van der Waals surface area contributed by atoms with E-state index < -0.39 is 5.97 Å². The lowest BCUT2D eigenvalue weighted by molar-refractivity contribution is 0.0660. The molecular weight excluding hydrogens is 250 g/mol. The highest BCUT2D eigenvalue weighted by atomic mass is 16.5. The summed E-state index contributed by atoms with van der Waals surface area (Å²) in [7, 11) is 3.12. The van der Waals surface area contributed by atoms with Crippen molar-refractivity contribution in [2.45, 2.75) is 6.42 Å². The Morgan fingerprint density at radius 2 is 1.89 bits per heavy atom. The molecule has 1 aromatic carbocycles. The third kappa shape index (κ3) is 3.04. The van der Waals surface area contributed by atoms with Crippen LogP contribution in [-0.4, -0.2) is 30.3 Å². The lowest BCUT2D eigenvalue weighted by Crippen LogP contribution is -1.94. The van der Waals surface area contributed by atoms with E-state index in [0.717, 1.165) is 5.56 Å². The first-order chi connectivity index (χ1) is 9.12. The van der Waals surface area contributed by atoms with Crippen LogP contribution in [0.4, 0.5) is 0 Å². The molecule has 1 aromatic heterocycles. The van der Waals surface area contributed by atoms with E-state index in [1.807, 2.05) is 12.1 Å². The molecule has 0 spiro atoms. The fraction of sp³-hybridized carbons (Fsp3) is 0.231. The summed E-state index contributed by atoms with van der Waals surface area (Å²) in [5, 5.41) is 8.75. The summed E-state index contributed by atoms with van der Waals surface area (Å²) in [5.41, 5.74) is 0.856. The second kappa shape index (κ2) is 5.43. The molecule has 0 saturated carbocycles. The minimum Gasteiger partial charge on any atom is -0.497 e. The highest BCUT2D eigenvalue weighted by Gasteiger charge is 2.12. The molecule has 0 amide bonds. The first-order valence-electron chi connectivity index (χ1n) is 5.52. The topological polar surface area (TPSA) is 81.8 Å². The van der Waals surface area contributed by atoms with Gasteiger partial charge in [-0.2, -0.15) is 0 Å². The monoisotopic (exact) mass is 263 g/mol. The van der Waals surface area contributed by atoms with E-state index in [4.69, 9.17) is 19.0 Å². The first kappa shape index (κ1) is 12.9. The number of methoxy groups -OCH3 is 2. The molecule has 0 saturated heterocycles. The van der Waals surface area contributed by atoms with Crippen molar-refractivity contribution in [3.8, 4) is 11.5 Å². The van der Waals surface area contributed by atoms with Gasteiger partial charge >= 0.3 is 5.97 Å². The van der Waals surface area contributed by atoms with Crippen LogP contribution in [0.1, 0.15) is 22.0 Å². The Morgan fingerprint density at radius 3 is 2.37 bits per heavy atom. The van der Waals surface area contributed by atoms with Crippen LogP contribution < -0.4 is 9.47 Å². The number of oxazole rings is 1. The Morgan fingerprint density at radius 1 is 1.26 bits per heavy atom. The molecule has 0 aliphatic heterocycles. The van der Waals surface area contributed by atoms with Crippen molar-refractivity contribution < 1.29 is 23.8 Å². The zero-order valence-corrected chi connectivity index (χ0v) is 10.5. The SMILES string of the molecule is COc1cc(Cc2ncc(C(=O)O)o2)cc(OC)c1. The van der Waals surface area contributed by atoms with Crippen molar-refractivity contribution in [3.05, 3.63) is 41.6 Å². The van der Waals surface area contributed by atoms with E-state index >= 15 is 0 Å². The summed E-state index contributed by atoms with van der Waals surface area (Å²) in [6.07, 6.45) is 1.55. The van der Waals surface area contributed by atoms with Gasteiger partial charge in [0.2, 0.25) is 5.76 Å². The molecule has 0 bridgehead atoms. The summed E-state index contributed by atoms with van der Waals surface area (Å²) >= 11 is 0. The van der Waals surface area contributed by atoms with Crippen molar-refractivity contribution in [1.82, 2.24) is 4.98 Å². The molecule has 2 aromatic rings. The van der Waals surface area contributed by atoms with Crippen LogP contribution in [0.5, 0.6) is 11.5 Å². The van der Waals surface area contributed by atoms with Crippen LogP contribution >= 0.6 is 0 Å². The van der Waals surface area contributed by atoms with E-state index in [9.17, 15) is 4.79 Å². The van der Waals surface area contributed by atoms with Crippen molar-refractivity contribution >= 4 is 5.97 Å². The van der Waals surface area contributed by atoms with Gasteiger partial charge < -0.3 is 19.0 Å². The predicted octanol–water partition coefficient (Wildman–Crippen LogP) is 1.98. The standard InChI is InChI=1S/C13H13NO5/c1-17-9-3-8(4-10(6-9)18-2)5-12-14-7-11(19-12)13(15)16/h3-4,6-7H,5H2,1-2H3,(H,15,16). The zero-order chi connectivity index (χ0) is 13.8. The van der Waals surface area contributed by atoms with E-state index in [-0.39, 0.29) is 5.76 Å². The maximum atomic E-state index is 10.7. The summed E-state index contributed by atoms with van der Waals surface area (Å²) in [5.74, 6) is 0.318. The fourth-order valence-corrected chi connectivity index (χ4v) is 1.63. The van der Waals surface area contributed by atoms with Crippen LogP contribution in [0.25, 0.3) is 0 Å². The number of carbonyl (C=O) groups is 1. The number of nitrogens with zero attached hydrogens (tertiary/aromatic N) is 1. The van der Waals surface area contributed by atoms with Gasteiger partial charge in [-0.25, -0.2) is 9.78 Å². The Labute approximate surface area is 109 Å². The molecule has 6 heteroatoms. The maximum Gasteiger partial charge on any atom is 0.373 e. The third-order valence-electron chi connectivity index (χ3n) is 2.53. The summed E-state index contributed by atoms with van der Waals surface area (Å²) in [6, 6.07) is 5.38. The number of hydrogen-bond donors (Lipinski definition) is 1. The Balaban J connectivity index is 2.23. The minimum absolute atomic E-state index is 0.176. The molecule has 100 valence electrons. The van der Waals surface area contributed by atoms with E-state index in [0.29, 0.717) is 23.8 Å². The number of ether oxygens (including phenoxy) is 2. The number of aromatic carboxylic acids is 1. The molecule has 0 fully saturated rings. The normalized spacial score (nSPS) is 10.2. The first-order valence-corrected chi connectivity index (χ1v) is 5.52. The Hall–Kier alpha value is -2.50. The fourth-order valence-electron chi connectivity index (χ4n) is 1.63. The van der Waals surface area contributed by atoms with Gasteiger partial charge in [0.05, 0.1) is 20.4 Å². The van der Waals surface area contributed by atoms with E-state index in [1.54, 1.807) is 20.3 Å². The van der Waals surface area contributed by atoms with Crippen LogP contribution in [0, 0.1) is 0 Å². The molecular formula is C13H13NO5. The summed E-state index contributed by atoms with van der Waals surface area (Å²) in [6.45, 7) is 0. The van der Waals surface area contributed by atoms with Crippen molar-refractivity contribution in [1.29, 1.82) is 0 Å². The highest BCUT2D eigenvalue weighted by Crippen LogP contribution is 2.24. The molecule has 0 unspecified atom stereocenters. The van der Waals surface area contributed by atoms with Gasteiger partial charge in [0.1, 0.15) is 11.5 Å². The minimum atomic E-state index is -1.14. The van der Waals surface area contributed by atoms with Gasteiger partial charge in [-0.3, -0.25) is 0 Å². The van der Waals surface area contributed by atoms with Crippen molar-refractivity contribution in [2.75, 3.05) is 14.2 Å². The second-order valence-electron chi connectivity index (χ2n) is 3.82. The van der Waals surface area contributed by atoms with Gasteiger partial charge in [0, 0.05) is 12.5 Å². The summed E-state index contributed by atoms with van der Waals surface area (Å²) < 4.78 is 15.4. The molecule has 0 radical (unpaired) electrons. The Bertz CT molecular complexity index is 568. The van der Waals surface area contributed by atoms with E-state index in [1.165, 1.54) is 6.20 Å². The second-order valence-corrected chi connectivity index (χ2v) is 3.82. The van der Waals surface area contributed by atoms with Crippen molar-refractivity contribution in [2.24, 2.45) is 0 Å². The highest BCUT2D eigenvalue weighted by molar-refractivity contribution is 5.83. The molecule has 0 aliphatic carbocycles. The van der Waals surface area contributed by atoms with Crippen LogP contribution in [0.3, 0.4) is 0 Å². The van der Waals surface area contributed by atoms with Gasteiger partial charge in [-0.15, -0.1) is 0 Å². The number of benzene rings is 1. The average molecular weight is 263 g/mol. The Kier molecular flexibility index (Phi) is 3.70. The average Bonchev–Trinajstić information content (AvgIpc) is 2.87. The van der Waals surface area contributed by atoms with Gasteiger partial charge in [-0.05, 0) is 17.7 Å². The molecule has 19 heavy (non-hydrogen) atoms. The quantitative estimate of drug-likeness (QED) is 0.888. The lowest BCUT2D eigenvalue weighted by atomic mass is 10.1. The molecule has 1 N–H and O–H groups in total. The number of hydrogen-bond acceptors (Lipinski definition) is 5. The molecule has 6 nitrogen and oxygen atoms in total. The maximum absolute atomic E-state index is 10.7. The van der Waals surface area contributed by atoms with Gasteiger partial charge in [-0.1, -0.05) is 0 Å². The zero-order valence-electron chi connectivity index (χ0n) is 10.5. The van der Waals surface area contributed by atoms with Crippen LogP contribution in [0.15, 0.2) is 28.8 Å². The van der Waals surface area contributed by atoms with Crippen LogP contribution in [0.2, 0.25) is 0 Å². The molecule has 2 rings (SSSR count). The number of carboxylic acid groups (broad SMARTS) is 1. The largest absolute Gasteiger partial charge is 0.497 e. The van der Waals surface area contributed by atoms with Crippen molar-refractivity contribution in [3.63, 3.8) is 0 Å². The number of carboxylic acids is 1. The molecule has 0 atom stereocenters. The smallest absolute Gasteiger partial charge is 0.373 e. The van der Waals surface area contributed by atoms with Gasteiger partial charge in [0.15, 0.2) is 5.89 Å². The summed E-state index contributed by atoms with van der Waals surface area (Å²) in [4.78, 5) is 14.6. The van der Waals surface area contributed by atoms with Gasteiger partial charge in [0.25, 0.3) is 0 Å². The number of aromatic nitrogens is 1.